The molecule has 0 bridgehead atoms. The standard InChI is InChI=1S/C15H24N2O/c1-3-4-5-6-7-10-18-13-8-9-14(15(16)17)12(2)11-13/h8-9,11H,3-7,10H2,1-2H3,(H3,16,17). The van der Waals surface area contributed by atoms with Gasteiger partial charge in [0.1, 0.15) is 11.6 Å². The molecule has 0 heterocycles. The van der Waals surface area contributed by atoms with E-state index < -0.39 is 0 Å². The average molecular weight is 248 g/mol. The molecule has 0 saturated carbocycles. The van der Waals surface area contributed by atoms with Gasteiger partial charge in [-0.05, 0) is 37.1 Å². The van der Waals surface area contributed by atoms with Gasteiger partial charge in [-0.3, -0.25) is 5.41 Å². The van der Waals surface area contributed by atoms with E-state index in [-0.39, 0.29) is 5.84 Å². The summed E-state index contributed by atoms with van der Waals surface area (Å²) in [4.78, 5) is 0. The van der Waals surface area contributed by atoms with Crippen LogP contribution >= 0.6 is 0 Å². The topological polar surface area (TPSA) is 59.1 Å². The number of unbranched alkanes of at least 4 members (excludes halogenated alkanes) is 4. The van der Waals surface area contributed by atoms with Crippen LogP contribution in [0.5, 0.6) is 5.75 Å². The first kappa shape index (κ1) is 14.6. The molecule has 0 saturated heterocycles. The van der Waals surface area contributed by atoms with E-state index in [1.165, 1.54) is 25.7 Å². The number of nitrogens with one attached hydrogen (secondary N) is 1. The summed E-state index contributed by atoms with van der Waals surface area (Å²) in [7, 11) is 0. The second kappa shape index (κ2) is 7.75. The molecule has 0 unspecified atom stereocenters. The highest BCUT2D eigenvalue weighted by Crippen LogP contribution is 2.17. The zero-order valence-corrected chi connectivity index (χ0v) is 11.5. The Kier molecular flexibility index (Phi) is 6.26. The van der Waals surface area contributed by atoms with E-state index in [0.717, 1.165) is 29.9 Å². The van der Waals surface area contributed by atoms with Gasteiger partial charge in [0.25, 0.3) is 0 Å². The normalized spacial score (nSPS) is 10.3. The second-order valence-electron chi connectivity index (χ2n) is 4.65. The maximum Gasteiger partial charge on any atom is 0.123 e. The Balaban J connectivity index is 2.35. The predicted octanol–water partition coefficient (Wildman–Crippen LogP) is 3.63. The maximum atomic E-state index is 7.42. The van der Waals surface area contributed by atoms with Gasteiger partial charge in [0.15, 0.2) is 0 Å². The summed E-state index contributed by atoms with van der Waals surface area (Å²) in [5, 5.41) is 7.42. The van der Waals surface area contributed by atoms with Crippen LogP contribution in [0.25, 0.3) is 0 Å². The third kappa shape index (κ3) is 4.78. The third-order valence-corrected chi connectivity index (χ3v) is 3.00. The van der Waals surface area contributed by atoms with Crippen molar-refractivity contribution in [1.29, 1.82) is 5.41 Å². The lowest BCUT2D eigenvalue weighted by molar-refractivity contribution is 0.304. The molecule has 0 spiro atoms. The monoisotopic (exact) mass is 248 g/mol. The molecule has 100 valence electrons. The van der Waals surface area contributed by atoms with Crippen molar-refractivity contribution >= 4 is 5.84 Å². The van der Waals surface area contributed by atoms with Crippen LogP contribution in [0.15, 0.2) is 18.2 Å². The van der Waals surface area contributed by atoms with Crippen molar-refractivity contribution in [3.05, 3.63) is 29.3 Å². The minimum atomic E-state index is 0.110. The van der Waals surface area contributed by atoms with Crippen molar-refractivity contribution in [3.63, 3.8) is 0 Å². The number of aryl methyl sites for hydroxylation is 1. The summed E-state index contributed by atoms with van der Waals surface area (Å²) in [6.07, 6.45) is 6.22. The van der Waals surface area contributed by atoms with Crippen LogP contribution in [0, 0.1) is 12.3 Å². The Hall–Kier alpha value is -1.51. The minimum absolute atomic E-state index is 0.110. The number of benzene rings is 1. The first-order chi connectivity index (χ1) is 8.65. The van der Waals surface area contributed by atoms with Crippen LogP contribution in [0.3, 0.4) is 0 Å². The summed E-state index contributed by atoms with van der Waals surface area (Å²) in [6.45, 7) is 4.93. The van der Waals surface area contributed by atoms with E-state index in [9.17, 15) is 0 Å². The van der Waals surface area contributed by atoms with Crippen molar-refractivity contribution in [2.24, 2.45) is 5.73 Å². The molecule has 3 N–H and O–H groups in total. The molecule has 1 aromatic carbocycles. The fourth-order valence-corrected chi connectivity index (χ4v) is 1.92. The molecule has 0 aromatic heterocycles. The van der Waals surface area contributed by atoms with E-state index in [0.29, 0.717) is 0 Å². The molecule has 0 atom stereocenters. The summed E-state index contributed by atoms with van der Waals surface area (Å²) in [5.74, 6) is 0.978. The summed E-state index contributed by atoms with van der Waals surface area (Å²) in [5.41, 5.74) is 7.25. The number of hydrogen-bond acceptors (Lipinski definition) is 2. The largest absolute Gasteiger partial charge is 0.494 e. The van der Waals surface area contributed by atoms with E-state index in [1.54, 1.807) is 0 Å². The molecule has 1 aromatic rings. The van der Waals surface area contributed by atoms with Gasteiger partial charge in [0.05, 0.1) is 6.61 Å². The highest BCUT2D eigenvalue weighted by Gasteiger charge is 2.03. The van der Waals surface area contributed by atoms with E-state index >= 15 is 0 Å². The Morgan fingerprint density at radius 3 is 2.56 bits per heavy atom. The molecule has 0 aliphatic carbocycles. The maximum absolute atomic E-state index is 7.42. The molecular weight excluding hydrogens is 224 g/mol. The lowest BCUT2D eigenvalue weighted by atomic mass is 10.1. The molecule has 3 heteroatoms. The molecule has 0 fully saturated rings. The van der Waals surface area contributed by atoms with Crippen molar-refractivity contribution in [1.82, 2.24) is 0 Å². The Labute approximate surface area is 110 Å². The fraction of sp³-hybridized carbons (Fsp3) is 0.533. The van der Waals surface area contributed by atoms with Crippen LogP contribution in [-0.4, -0.2) is 12.4 Å². The van der Waals surface area contributed by atoms with Crippen LogP contribution in [0.4, 0.5) is 0 Å². The summed E-state index contributed by atoms with van der Waals surface area (Å²) >= 11 is 0. The Bertz CT molecular complexity index is 388. The molecule has 18 heavy (non-hydrogen) atoms. The van der Waals surface area contributed by atoms with Crippen molar-refractivity contribution in [2.75, 3.05) is 6.61 Å². The van der Waals surface area contributed by atoms with Gasteiger partial charge < -0.3 is 10.5 Å². The van der Waals surface area contributed by atoms with E-state index in [4.69, 9.17) is 15.9 Å². The number of amidine groups is 1. The Morgan fingerprint density at radius 1 is 1.22 bits per heavy atom. The number of nitrogens with two attached hydrogens (primary N) is 1. The average Bonchev–Trinajstić information content (AvgIpc) is 2.33. The van der Waals surface area contributed by atoms with Crippen molar-refractivity contribution in [2.45, 2.75) is 46.0 Å². The Morgan fingerprint density at radius 2 is 1.94 bits per heavy atom. The summed E-state index contributed by atoms with van der Waals surface area (Å²) in [6, 6.07) is 5.68. The quantitative estimate of drug-likeness (QED) is 0.419. The van der Waals surface area contributed by atoms with Crippen LogP contribution in [-0.2, 0) is 0 Å². The van der Waals surface area contributed by atoms with Crippen molar-refractivity contribution in [3.8, 4) is 5.75 Å². The zero-order chi connectivity index (χ0) is 13.4. The van der Waals surface area contributed by atoms with Gasteiger partial charge in [0.2, 0.25) is 0 Å². The lowest BCUT2D eigenvalue weighted by Crippen LogP contribution is -2.12. The first-order valence-corrected chi connectivity index (χ1v) is 6.73. The van der Waals surface area contributed by atoms with Gasteiger partial charge in [-0.1, -0.05) is 32.6 Å². The minimum Gasteiger partial charge on any atom is -0.494 e. The van der Waals surface area contributed by atoms with Gasteiger partial charge >= 0.3 is 0 Å². The third-order valence-electron chi connectivity index (χ3n) is 3.00. The predicted molar refractivity (Wildman–Crippen MR) is 76.4 cm³/mol. The molecule has 3 nitrogen and oxygen atoms in total. The van der Waals surface area contributed by atoms with Crippen LogP contribution < -0.4 is 10.5 Å². The van der Waals surface area contributed by atoms with Gasteiger partial charge in [0, 0.05) is 5.56 Å². The lowest BCUT2D eigenvalue weighted by Gasteiger charge is -2.09. The number of rotatable bonds is 8. The fourth-order valence-electron chi connectivity index (χ4n) is 1.92. The van der Waals surface area contributed by atoms with E-state index in [2.05, 4.69) is 6.92 Å². The summed E-state index contributed by atoms with van der Waals surface area (Å²) < 4.78 is 5.69. The highest BCUT2D eigenvalue weighted by atomic mass is 16.5. The molecule has 0 radical (unpaired) electrons. The smallest absolute Gasteiger partial charge is 0.123 e. The molecule has 0 aliphatic rings. The number of ether oxygens (including phenoxy) is 1. The molecule has 1 rings (SSSR count). The molecule has 0 amide bonds. The van der Waals surface area contributed by atoms with Crippen LogP contribution in [0.1, 0.15) is 50.2 Å². The van der Waals surface area contributed by atoms with Gasteiger partial charge in [-0.15, -0.1) is 0 Å². The number of hydrogen-bond donors (Lipinski definition) is 2. The van der Waals surface area contributed by atoms with Gasteiger partial charge in [-0.2, -0.15) is 0 Å². The van der Waals surface area contributed by atoms with Crippen LogP contribution in [0.2, 0.25) is 0 Å². The van der Waals surface area contributed by atoms with E-state index in [1.807, 2.05) is 25.1 Å². The number of nitrogen functional groups attached to an aromatic ring is 1. The molecule has 0 aliphatic heterocycles. The first-order valence-electron chi connectivity index (χ1n) is 6.73. The second-order valence-corrected chi connectivity index (χ2v) is 4.65. The van der Waals surface area contributed by atoms with Gasteiger partial charge in [-0.25, -0.2) is 0 Å². The zero-order valence-electron chi connectivity index (χ0n) is 11.5. The molecular formula is C15H24N2O. The SMILES string of the molecule is CCCCCCCOc1ccc(C(=N)N)c(C)c1. The van der Waals surface area contributed by atoms with Crippen molar-refractivity contribution < 1.29 is 4.74 Å². The highest BCUT2D eigenvalue weighted by molar-refractivity contribution is 5.96.